The van der Waals surface area contributed by atoms with Crippen LogP contribution in [0, 0.1) is 0 Å². The topological polar surface area (TPSA) is 30.5 Å². The van der Waals surface area contributed by atoms with E-state index in [0.717, 1.165) is 36.8 Å². The number of benzene rings is 1. The first kappa shape index (κ1) is 8.38. The minimum atomic E-state index is 0.735. The Hall–Kier alpha value is -1.22. The molecule has 0 radical (unpaired) electrons. The second kappa shape index (κ2) is 3.66. The maximum absolute atomic E-state index is 5.53. The van der Waals surface area contributed by atoms with Gasteiger partial charge in [-0.1, -0.05) is 0 Å². The third-order valence-corrected chi connectivity index (χ3v) is 2.12. The molecule has 2 rings (SSSR count). The molecule has 70 valence electrons. The molecule has 0 fully saturated rings. The van der Waals surface area contributed by atoms with E-state index < -0.39 is 0 Å². The Kier molecular flexibility index (Phi) is 2.36. The van der Waals surface area contributed by atoms with Gasteiger partial charge in [-0.05, 0) is 18.2 Å². The fourth-order valence-corrected chi connectivity index (χ4v) is 1.42. The maximum Gasteiger partial charge on any atom is 0.124 e. The van der Waals surface area contributed by atoms with E-state index in [2.05, 4.69) is 5.32 Å². The summed E-state index contributed by atoms with van der Waals surface area (Å²) in [6, 6.07) is 5.89. The van der Waals surface area contributed by atoms with Crippen molar-refractivity contribution in [3.05, 3.63) is 23.8 Å². The number of methoxy groups -OCH3 is 1. The molecule has 3 heteroatoms. The van der Waals surface area contributed by atoms with Crippen molar-refractivity contribution in [1.29, 1.82) is 0 Å². The highest BCUT2D eigenvalue weighted by Crippen LogP contribution is 2.24. The molecule has 1 heterocycles. The van der Waals surface area contributed by atoms with Gasteiger partial charge in [-0.15, -0.1) is 0 Å². The van der Waals surface area contributed by atoms with Crippen molar-refractivity contribution >= 4 is 0 Å². The smallest absolute Gasteiger partial charge is 0.124 e. The molecular weight excluding hydrogens is 166 g/mol. The van der Waals surface area contributed by atoms with E-state index in [1.54, 1.807) is 7.11 Å². The molecule has 0 atom stereocenters. The van der Waals surface area contributed by atoms with Crippen LogP contribution in [0.3, 0.4) is 0 Å². The highest BCUT2D eigenvalue weighted by atomic mass is 16.5. The SMILES string of the molecule is COc1ccc2c(c1)CNCCO2. The number of fused-ring (bicyclic) bond motifs is 1. The summed E-state index contributed by atoms with van der Waals surface area (Å²) in [6.45, 7) is 2.49. The molecule has 3 nitrogen and oxygen atoms in total. The standard InChI is InChI=1S/C10H13NO2/c1-12-9-2-3-10-8(6-9)7-11-4-5-13-10/h2-3,6,11H,4-5,7H2,1H3. The van der Waals surface area contributed by atoms with Gasteiger partial charge in [0.2, 0.25) is 0 Å². The molecule has 0 amide bonds. The zero-order chi connectivity index (χ0) is 9.10. The summed E-state index contributed by atoms with van der Waals surface area (Å²) in [5, 5.41) is 3.27. The van der Waals surface area contributed by atoms with E-state index >= 15 is 0 Å². The monoisotopic (exact) mass is 179 g/mol. The van der Waals surface area contributed by atoms with Crippen molar-refractivity contribution in [2.24, 2.45) is 0 Å². The molecule has 0 unspecified atom stereocenters. The predicted molar refractivity (Wildman–Crippen MR) is 50.2 cm³/mol. The summed E-state index contributed by atoms with van der Waals surface area (Å²) in [5.41, 5.74) is 1.16. The average Bonchev–Trinajstić information content (AvgIpc) is 2.41. The lowest BCUT2D eigenvalue weighted by Crippen LogP contribution is -2.16. The van der Waals surface area contributed by atoms with Crippen LogP contribution in [-0.4, -0.2) is 20.3 Å². The summed E-state index contributed by atoms with van der Waals surface area (Å²) in [7, 11) is 1.67. The summed E-state index contributed by atoms with van der Waals surface area (Å²) < 4.78 is 10.7. The quantitative estimate of drug-likeness (QED) is 0.702. The van der Waals surface area contributed by atoms with Crippen LogP contribution in [0.5, 0.6) is 11.5 Å². The third-order valence-electron chi connectivity index (χ3n) is 2.12. The Labute approximate surface area is 77.7 Å². The van der Waals surface area contributed by atoms with Crippen molar-refractivity contribution in [3.8, 4) is 11.5 Å². The predicted octanol–water partition coefficient (Wildman–Crippen LogP) is 1.18. The van der Waals surface area contributed by atoms with Crippen LogP contribution in [-0.2, 0) is 6.54 Å². The molecule has 13 heavy (non-hydrogen) atoms. The van der Waals surface area contributed by atoms with Gasteiger partial charge in [0.15, 0.2) is 0 Å². The zero-order valence-corrected chi connectivity index (χ0v) is 7.67. The Morgan fingerprint density at radius 2 is 2.38 bits per heavy atom. The van der Waals surface area contributed by atoms with Gasteiger partial charge in [-0.3, -0.25) is 0 Å². The Bertz CT molecular complexity index is 299. The van der Waals surface area contributed by atoms with Crippen LogP contribution in [0.2, 0.25) is 0 Å². The van der Waals surface area contributed by atoms with E-state index in [1.807, 2.05) is 18.2 Å². The van der Waals surface area contributed by atoms with Crippen molar-refractivity contribution in [3.63, 3.8) is 0 Å². The normalized spacial score (nSPS) is 15.5. The minimum Gasteiger partial charge on any atom is -0.497 e. The van der Waals surface area contributed by atoms with E-state index in [0.29, 0.717) is 0 Å². The first-order valence-electron chi connectivity index (χ1n) is 4.40. The summed E-state index contributed by atoms with van der Waals surface area (Å²) in [4.78, 5) is 0. The van der Waals surface area contributed by atoms with Crippen LogP contribution in [0.15, 0.2) is 18.2 Å². The molecule has 0 saturated carbocycles. The van der Waals surface area contributed by atoms with Gasteiger partial charge in [-0.25, -0.2) is 0 Å². The van der Waals surface area contributed by atoms with Gasteiger partial charge >= 0.3 is 0 Å². The molecule has 0 spiro atoms. The highest BCUT2D eigenvalue weighted by Gasteiger charge is 2.08. The second-order valence-electron chi connectivity index (χ2n) is 3.00. The number of hydrogen-bond donors (Lipinski definition) is 1. The third kappa shape index (κ3) is 1.75. The Morgan fingerprint density at radius 3 is 3.23 bits per heavy atom. The number of nitrogens with one attached hydrogen (secondary N) is 1. The molecule has 0 saturated heterocycles. The second-order valence-corrected chi connectivity index (χ2v) is 3.00. The molecule has 1 aliphatic rings. The van der Waals surface area contributed by atoms with Crippen molar-refractivity contribution in [1.82, 2.24) is 5.32 Å². The fraction of sp³-hybridized carbons (Fsp3) is 0.400. The molecule has 0 aliphatic carbocycles. The largest absolute Gasteiger partial charge is 0.497 e. The van der Waals surface area contributed by atoms with Gasteiger partial charge in [-0.2, -0.15) is 0 Å². The average molecular weight is 179 g/mol. The first-order chi connectivity index (χ1) is 6.40. The van der Waals surface area contributed by atoms with Crippen LogP contribution < -0.4 is 14.8 Å². The lowest BCUT2D eigenvalue weighted by atomic mass is 10.2. The van der Waals surface area contributed by atoms with Crippen molar-refractivity contribution in [2.75, 3.05) is 20.3 Å². The number of ether oxygens (including phenoxy) is 2. The molecular formula is C10H13NO2. The molecule has 0 bridgehead atoms. The fourth-order valence-electron chi connectivity index (χ4n) is 1.42. The van der Waals surface area contributed by atoms with Crippen LogP contribution in [0.25, 0.3) is 0 Å². The lowest BCUT2D eigenvalue weighted by molar-refractivity contribution is 0.325. The Balaban J connectivity index is 2.32. The van der Waals surface area contributed by atoms with Crippen LogP contribution in [0.1, 0.15) is 5.56 Å². The van der Waals surface area contributed by atoms with Gasteiger partial charge in [0.25, 0.3) is 0 Å². The van der Waals surface area contributed by atoms with Gasteiger partial charge in [0, 0.05) is 18.7 Å². The van der Waals surface area contributed by atoms with E-state index in [-0.39, 0.29) is 0 Å². The summed E-state index contributed by atoms with van der Waals surface area (Å²) in [6.07, 6.45) is 0. The molecule has 1 aliphatic heterocycles. The van der Waals surface area contributed by atoms with Crippen molar-refractivity contribution < 1.29 is 9.47 Å². The maximum atomic E-state index is 5.53. The molecule has 1 aromatic rings. The van der Waals surface area contributed by atoms with Gasteiger partial charge < -0.3 is 14.8 Å². The first-order valence-corrected chi connectivity index (χ1v) is 4.40. The number of hydrogen-bond acceptors (Lipinski definition) is 3. The van der Waals surface area contributed by atoms with E-state index in [1.165, 1.54) is 0 Å². The van der Waals surface area contributed by atoms with Crippen LogP contribution in [0.4, 0.5) is 0 Å². The van der Waals surface area contributed by atoms with E-state index in [4.69, 9.17) is 9.47 Å². The lowest BCUT2D eigenvalue weighted by Gasteiger charge is -2.07. The minimum absolute atomic E-state index is 0.735. The Morgan fingerprint density at radius 1 is 1.46 bits per heavy atom. The number of rotatable bonds is 1. The molecule has 0 aromatic heterocycles. The van der Waals surface area contributed by atoms with E-state index in [9.17, 15) is 0 Å². The summed E-state index contributed by atoms with van der Waals surface area (Å²) in [5.74, 6) is 1.84. The van der Waals surface area contributed by atoms with Crippen molar-refractivity contribution in [2.45, 2.75) is 6.54 Å². The molecule has 1 aromatic carbocycles. The zero-order valence-electron chi connectivity index (χ0n) is 7.67. The highest BCUT2D eigenvalue weighted by molar-refractivity contribution is 5.40. The summed E-state index contributed by atoms with van der Waals surface area (Å²) >= 11 is 0. The van der Waals surface area contributed by atoms with Gasteiger partial charge in [0.1, 0.15) is 18.1 Å². The van der Waals surface area contributed by atoms with Crippen LogP contribution >= 0.6 is 0 Å². The van der Waals surface area contributed by atoms with Gasteiger partial charge in [0.05, 0.1) is 7.11 Å². The molecule has 1 N–H and O–H groups in total.